The smallest absolute Gasteiger partial charge is 0.237 e. The highest BCUT2D eigenvalue weighted by atomic mass is 79.9. The van der Waals surface area contributed by atoms with Gasteiger partial charge in [0.1, 0.15) is 0 Å². The van der Waals surface area contributed by atoms with Crippen molar-refractivity contribution in [2.75, 3.05) is 0 Å². The number of hydrogen-bond acceptors (Lipinski definition) is 2. The Bertz CT molecular complexity index is 477. The van der Waals surface area contributed by atoms with E-state index in [4.69, 9.17) is 0 Å². The molecule has 1 aliphatic carbocycles. The summed E-state index contributed by atoms with van der Waals surface area (Å²) in [4.78, 5) is 11.9. The molecule has 1 saturated heterocycles. The van der Waals surface area contributed by atoms with Crippen molar-refractivity contribution in [2.45, 2.75) is 38.1 Å². The Morgan fingerprint density at radius 1 is 1.26 bits per heavy atom. The third-order valence-corrected chi connectivity index (χ3v) is 4.89. The first-order valence-corrected chi connectivity index (χ1v) is 7.83. The number of carbonyl (C=O) groups is 1. The lowest BCUT2D eigenvalue weighted by atomic mass is 9.72. The zero-order valence-corrected chi connectivity index (χ0v) is 12.4. The number of rotatable bonds is 2. The summed E-state index contributed by atoms with van der Waals surface area (Å²) >= 11 is 3.52. The van der Waals surface area contributed by atoms with Gasteiger partial charge in [0.25, 0.3) is 0 Å². The maximum atomic E-state index is 11.9. The molecule has 2 fully saturated rings. The summed E-state index contributed by atoms with van der Waals surface area (Å²) in [6, 6.07) is 8.79. The fourth-order valence-electron chi connectivity index (χ4n) is 3.45. The number of amides is 1. The molecule has 1 heterocycles. The van der Waals surface area contributed by atoms with E-state index in [2.05, 4.69) is 45.0 Å². The Labute approximate surface area is 122 Å². The molecule has 19 heavy (non-hydrogen) atoms. The molecule has 102 valence electrons. The molecule has 0 bridgehead atoms. The van der Waals surface area contributed by atoms with Crippen molar-refractivity contribution >= 4 is 21.8 Å². The van der Waals surface area contributed by atoms with E-state index in [0.717, 1.165) is 17.3 Å². The molecule has 3 rings (SSSR count). The van der Waals surface area contributed by atoms with Gasteiger partial charge in [-0.05, 0) is 42.9 Å². The van der Waals surface area contributed by atoms with Gasteiger partial charge in [-0.15, -0.1) is 0 Å². The van der Waals surface area contributed by atoms with Crippen LogP contribution in [0.25, 0.3) is 0 Å². The predicted molar refractivity (Wildman–Crippen MR) is 78.4 cm³/mol. The zero-order valence-electron chi connectivity index (χ0n) is 10.9. The number of carbonyl (C=O) groups excluding carboxylic acids is 1. The molecule has 0 spiro atoms. The zero-order chi connectivity index (χ0) is 13.2. The van der Waals surface area contributed by atoms with Crippen molar-refractivity contribution in [3.63, 3.8) is 0 Å². The highest BCUT2D eigenvalue weighted by Crippen LogP contribution is 2.35. The van der Waals surface area contributed by atoms with Crippen molar-refractivity contribution in [2.24, 2.45) is 11.8 Å². The lowest BCUT2D eigenvalue weighted by Gasteiger charge is -2.41. The molecular formula is C15H19BrN2O. The summed E-state index contributed by atoms with van der Waals surface area (Å²) in [5, 5.41) is 0. The van der Waals surface area contributed by atoms with Crippen LogP contribution in [0.3, 0.4) is 0 Å². The second-order valence-corrected chi connectivity index (χ2v) is 6.54. The lowest BCUT2D eigenvalue weighted by molar-refractivity contribution is -0.133. The molecule has 0 aromatic heterocycles. The second-order valence-electron chi connectivity index (χ2n) is 5.63. The Hall–Kier alpha value is -0.870. The summed E-state index contributed by atoms with van der Waals surface area (Å²) in [7, 11) is 0. The van der Waals surface area contributed by atoms with Crippen LogP contribution < -0.4 is 10.9 Å². The van der Waals surface area contributed by atoms with Crippen LogP contribution in [-0.2, 0) is 11.2 Å². The van der Waals surface area contributed by atoms with Crippen LogP contribution in [-0.4, -0.2) is 11.9 Å². The monoisotopic (exact) mass is 322 g/mol. The average Bonchev–Trinajstić information content (AvgIpc) is 2.42. The average molecular weight is 323 g/mol. The Morgan fingerprint density at radius 3 is 2.95 bits per heavy atom. The van der Waals surface area contributed by atoms with Gasteiger partial charge in [0.05, 0.1) is 0 Å². The Morgan fingerprint density at radius 2 is 2.11 bits per heavy atom. The molecule has 1 aromatic rings. The standard InChI is InChI=1S/C15H19BrN2O/c16-11-5-3-4-10(8-11)9-14-12-6-1-2-7-13(12)15(19)18-17-14/h3-5,8,12-14,17H,1-2,6-7,9H2,(H,18,19). The minimum absolute atomic E-state index is 0.190. The number of benzene rings is 1. The maximum Gasteiger partial charge on any atom is 0.237 e. The topological polar surface area (TPSA) is 41.1 Å². The molecule has 1 amide bonds. The lowest BCUT2D eigenvalue weighted by Crippen LogP contribution is -2.60. The summed E-state index contributed by atoms with van der Waals surface area (Å²) in [6.45, 7) is 0. The van der Waals surface area contributed by atoms with Gasteiger partial charge in [-0.2, -0.15) is 0 Å². The van der Waals surface area contributed by atoms with Crippen molar-refractivity contribution < 1.29 is 4.79 Å². The van der Waals surface area contributed by atoms with Crippen LogP contribution in [0.5, 0.6) is 0 Å². The highest BCUT2D eigenvalue weighted by Gasteiger charge is 2.39. The predicted octanol–water partition coefficient (Wildman–Crippen LogP) is 2.80. The van der Waals surface area contributed by atoms with E-state index in [0.29, 0.717) is 12.0 Å². The van der Waals surface area contributed by atoms with Crippen LogP contribution >= 0.6 is 15.9 Å². The molecule has 2 N–H and O–H groups in total. The fourth-order valence-corrected chi connectivity index (χ4v) is 3.90. The van der Waals surface area contributed by atoms with Crippen LogP contribution in [0.4, 0.5) is 0 Å². The SMILES string of the molecule is O=C1NNC(Cc2cccc(Br)c2)C2CCCCC12. The number of hydrazine groups is 1. The van der Waals surface area contributed by atoms with Gasteiger partial charge in [-0.1, -0.05) is 40.9 Å². The Balaban J connectivity index is 1.75. The van der Waals surface area contributed by atoms with Crippen LogP contribution in [0, 0.1) is 11.8 Å². The van der Waals surface area contributed by atoms with Gasteiger partial charge in [-0.25, -0.2) is 5.43 Å². The first-order chi connectivity index (χ1) is 9.24. The van der Waals surface area contributed by atoms with Gasteiger partial charge in [-0.3, -0.25) is 10.2 Å². The van der Waals surface area contributed by atoms with E-state index in [1.807, 2.05) is 6.07 Å². The number of halogens is 1. The van der Waals surface area contributed by atoms with Crippen molar-refractivity contribution in [3.05, 3.63) is 34.3 Å². The van der Waals surface area contributed by atoms with Crippen molar-refractivity contribution in [1.82, 2.24) is 10.9 Å². The summed E-state index contributed by atoms with van der Waals surface area (Å²) in [6.07, 6.45) is 5.64. The maximum absolute atomic E-state index is 11.9. The quantitative estimate of drug-likeness (QED) is 0.879. The number of fused-ring (bicyclic) bond motifs is 1. The molecular weight excluding hydrogens is 304 g/mol. The van der Waals surface area contributed by atoms with Crippen molar-refractivity contribution in [3.8, 4) is 0 Å². The first-order valence-electron chi connectivity index (χ1n) is 7.04. The molecule has 1 aliphatic heterocycles. The van der Waals surface area contributed by atoms with Crippen LogP contribution in [0.1, 0.15) is 31.2 Å². The van der Waals surface area contributed by atoms with Gasteiger partial charge in [0.15, 0.2) is 0 Å². The number of hydrogen-bond donors (Lipinski definition) is 2. The van der Waals surface area contributed by atoms with Crippen LogP contribution in [0.15, 0.2) is 28.7 Å². The normalized spacial score (nSPS) is 30.6. The summed E-state index contributed by atoms with van der Waals surface area (Å²) < 4.78 is 1.12. The molecule has 4 heteroatoms. The molecule has 1 aromatic carbocycles. The Kier molecular flexibility index (Phi) is 3.89. The van der Waals surface area contributed by atoms with Crippen LogP contribution in [0.2, 0.25) is 0 Å². The van der Waals surface area contributed by atoms with E-state index >= 15 is 0 Å². The molecule has 1 saturated carbocycles. The molecule has 3 atom stereocenters. The van der Waals surface area contributed by atoms with E-state index < -0.39 is 0 Å². The number of nitrogens with one attached hydrogen (secondary N) is 2. The molecule has 3 unspecified atom stereocenters. The third-order valence-electron chi connectivity index (χ3n) is 4.40. The van der Waals surface area contributed by atoms with Gasteiger partial charge < -0.3 is 0 Å². The van der Waals surface area contributed by atoms with E-state index in [1.54, 1.807) is 0 Å². The first kappa shape index (κ1) is 13.1. The van der Waals surface area contributed by atoms with Gasteiger partial charge in [0, 0.05) is 16.4 Å². The summed E-state index contributed by atoms with van der Waals surface area (Å²) in [5.41, 5.74) is 7.40. The minimum Gasteiger partial charge on any atom is -0.291 e. The fraction of sp³-hybridized carbons (Fsp3) is 0.533. The summed E-state index contributed by atoms with van der Waals surface area (Å²) in [5.74, 6) is 0.892. The van der Waals surface area contributed by atoms with Gasteiger partial charge in [0.2, 0.25) is 5.91 Å². The van der Waals surface area contributed by atoms with E-state index in [-0.39, 0.29) is 11.8 Å². The second kappa shape index (κ2) is 5.63. The highest BCUT2D eigenvalue weighted by molar-refractivity contribution is 9.10. The molecule has 0 radical (unpaired) electrons. The third kappa shape index (κ3) is 2.84. The van der Waals surface area contributed by atoms with Crippen molar-refractivity contribution in [1.29, 1.82) is 0 Å². The van der Waals surface area contributed by atoms with Gasteiger partial charge >= 0.3 is 0 Å². The minimum atomic E-state index is 0.190. The molecule has 2 aliphatic rings. The molecule has 3 nitrogen and oxygen atoms in total. The largest absolute Gasteiger partial charge is 0.291 e. The van der Waals surface area contributed by atoms with E-state index in [1.165, 1.54) is 24.8 Å². The van der Waals surface area contributed by atoms with E-state index in [9.17, 15) is 4.79 Å².